The molecule has 0 aromatic carbocycles. The molecule has 0 radical (unpaired) electrons. The van der Waals surface area contributed by atoms with Crippen LogP contribution in [0.2, 0.25) is 0 Å². The summed E-state index contributed by atoms with van der Waals surface area (Å²) in [5, 5.41) is 3.44. The molecule has 0 aliphatic carbocycles. The van der Waals surface area contributed by atoms with Gasteiger partial charge in [-0.25, -0.2) is 4.98 Å². The maximum atomic E-state index is 11.1. The number of nitrogens with zero attached hydrogens (tertiary/aromatic N) is 1. The number of carbonyl (C=O) groups excluding carboxylic acids is 2. The Morgan fingerprint density at radius 2 is 2.54 bits per heavy atom. The first kappa shape index (κ1) is 9.85. The van der Waals surface area contributed by atoms with Gasteiger partial charge in [-0.05, 0) is 6.92 Å². The van der Waals surface area contributed by atoms with Gasteiger partial charge in [0.05, 0.1) is 11.2 Å². The van der Waals surface area contributed by atoms with Crippen LogP contribution in [0.5, 0.6) is 0 Å². The van der Waals surface area contributed by atoms with E-state index in [0.29, 0.717) is 0 Å². The van der Waals surface area contributed by atoms with E-state index in [9.17, 15) is 9.59 Å². The van der Waals surface area contributed by atoms with Gasteiger partial charge in [0.25, 0.3) is 0 Å². The molecule has 0 spiro atoms. The fourth-order valence-electron chi connectivity index (χ4n) is 0.801. The number of rotatable bonds is 4. The van der Waals surface area contributed by atoms with Crippen LogP contribution in [0.3, 0.4) is 0 Å². The minimum Gasteiger partial charge on any atom is -0.316 e. The third kappa shape index (κ3) is 2.95. The van der Waals surface area contributed by atoms with Gasteiger partial charge in [-0.2, -0.15) is 0 Å². The lowest BCUT2D eigenvalue weighted by atomic mass is 10.3. The van der Waals surface area contributed by atoms with Crippen LogP contribution in [0.1, 0.15) is 18.5 Å². The largest absolute Gasteiger partial charge is 0.316 e. The highest BCUT2D eigenvalue weighted by Crippen LogP contribution is 2.18. The lowest BCUT2D eigenvalue weighted by Crippen LogP contribution is -2.10. The zero-order chi connectivity index (χ0) is 9.68. The number of hydrogen-bond acceptors (Lipinski definition) is 4. The highest BCUT2D eigenvalue weighted by atomic mass is 32.1. The number of aldehydes is 1. The third-order valence-corrected chi connectivity index (χ3v) is 2.33. The molecule has 1 N–H and O–H groups in total. The first-order chi connectivity index (χ1) is 6.24. The van der Waals surface area contributed by atoms with Crippen molar-refractivity contribution in [3.05, 3.63) is 11.2 Å². The fraction of sp³-hybridized carbons (Fsp3) is 0.375. The van der Waals surface area contributed by atoms with Crippen LogP contribution in [0, 0.1) is 6.92 Å². The summed E-state index contributed by atoms with van der Waals surface area (Å²) in [5.74, 6) is -0.139. The Morgan fingerprint density at radius 3 is 3.08 bits per heavy atom. The summed E-state index contributed by atoms with van der Waals surface area (Å²) in [4.78, 5) is 25.1. The summed E-state index contributed by atoms with van der Waals surface area (Å²) in [6.07, 6.45) is 1.24. The van der Waals surface area contributed by atoms with E-state index in [2.05, 4.69) is 10.3 Å². The molecular weight excluding hydrogens is 188 g/mol. The van der Waals surface area contributed by atoms with Gasteiger partial charge in [0.1, 0.15) is 11.3 Å². The molecule has 0 fully saturated rings. The molecule has 13 heavy (non-hydrogen) atoms. The highest BCUT2D eigenvalue weighted by molar-refractivity contribution is 7.14. The molecule has 1 amide bonds. The standard InChI is InChI=1S/C8H10N2O2S/c1-6-8(13-5-9-6)10-7(12)3-2-4-11/h4-5H,2-3H2,1H3,(H,10,12). The second kappa shape index (κ2) is 4.71. The predicted molar refractivity (Wildman–Crippen MR) is 50.8 cm³/mol. The fourth-order valence-corrected chi connectivity index (χ4v) is 1.51. The number of hydrogen-bond donors (Lipinski definition) is 1. The summed E-state index contributed by atoms with van der Waals surface area (Å²) in [7, 11) is 0. The molecule has 0 saturated carbocycles. The SMILES string of the molecule is Cc1ncsc1NC(=O)CCC=O. The number of nitrogens with one attached hydrogen (secondary N) is 1. The minimum atomic E-state index is -0.139. The summed E-state index contributed by atoms with van der Waals surface area (Å²) in [5.41, 5.74) is 2.48. The molecule has 5 heteroatoms. The third-order valence-electron chi connectivity index (χ3n) is 1.49. The summed E-state index contributed by atoms with van der Waals surface area (Å²) in [6, 6.07) is 0. The maximum absolute atomic E-state index is 11.1. The van der Waals surface area contributed by atoms with Crippen LogP contribution in [0.4, 0.5) is 5.00 Å². The summed E-state index contributed by atoms with van der Waals surface area (Å²) >= 11 is 1.38. The molecule has 4 nitrogen and oxygen atoms in total. The Hall–Kier alpha value is -1.23. The predicted octanol–water partition coefficient (Wildman–Crippen LogP) is 1.37. The second-order valence-electron chi connectivity index (χ2n) is 2.52. The molecule has 0 bridgehead atoms. The van der Waals surface area contributed by atoms with Crippen molar-refractivity contribution in [3.63, 3.8) is 0 Å². The van der Waals surface area contributed by atoms with E-state index in [1.54, 1.807) is 5.51 Å². The number of anilines is 1. The normalized spacial score (nSPS) is 9.62. The van der Waals surface area contributed by atoms with Crippen LogP contribution in [-0.2, 0) is 9.59 Å². The van der Waals surface area contributed by atoms with Crippen molar-refractivity contribution in [1.82, 2.24) is 4.98 Å². The van der Waals surface area contributed by atoms with E-state index in [1.807, 2.05) is 6.92 Å². The Balaban J connectivity index is 2.45. The lowest BCUT2D eigenvalue weighted by molar-refractivity contribution is -0.118. The molecule has 70 valence electrons. The molecule has 0 aliphatic rings. The Kier molecular flexibility index (Phi) is 3.57. The van der Waals surface area contributed by atoms with Crippen molar-refractivity contribution in [1.29, 1.82) is 0 Å². The second-order valence-corrected chi connectivity index (χ2v) is 3.38. The molecule has 1 aromatic rings. The van der Waals surface area contributed by atoms with Crippen molar-refractivity contribution >= 4 is 28.5 Å². The monoisotopic (exact) mass is 198 g/mol. The maximum Gasteiger partial charge on any atom is 0.225 e. The van der Waals surface area contributed by atoms with Crippen LogP contribution in [0.15, 0.2) is 5.51 Å². The number of aromatic nitrogens is 1. The number of aryl methyl sites for hydroxylation is 1. The van der Waals surface area contributed by atoms with E-state index < -0.39 is 0 Å². The molecule has 1 heterocycles. The molecule has 0 saturated heterocycles. The first-order valence-corrected chi connectivity index (χ1v) is 4.75. The Morgan fingerprint density at radius 1 is 1.77 bits per heavy atom. The summed E-state index contributed by atoms with van der Waals surface area (Å²) < 4.78 is 0. The van der Waals surface area contributed by atoms with E-state index in [0.717, 1.165) is 17.0 Å². The zero-order valence-corrected chi connectivity index (χ0v) is 8.06. The molecule has 0 atom stereocenters. The quantitative estimate of drug-likeness (QED) is 0.743. The van der Waals surface area contributed by atoms with Gasteiger partial charge in [-0.3, -0.25) is 4.79 Å². The Labute approximate surface area is 80.0 Å². The van der Waals surface area contributed by atoms with Gasteiger partial charge in [-0.15, -0.1) is 11.3 Å². The Bertz CT molecular complexity index is 309. The topological polar surface area (TPSA) is 59.1 Å². The van der Waals surface area contributed by atoms with Crippen LogP contribution < -0.4 is 5.32 Å². The van der Waals surface area contributed by atoms with Crippen LogP contribution in [0.25, 0.3) is 0 Å². The molecule has 1 rings (SSSR count). The van der Waals surface area contributed by atoms with Crippen molar-refractivity contribution in [2.45, 2.75) is 19.8 Å². The highest BCUT2D eigenvalue weighted by Gasteiger charge is 2.05. The lowest BCUT2D eigenvalue weighted by Gasteiger charge is -2.00. The van der Waals surface area contributed by atoms with Crippen LogP contribution in [-0.4, -0.2) is 17.2 Å². The van der Waals surface area contributed by atoms with Crippen molar-refractivity contribution in [2.24, 2.45) is 0 Å². The number of carbonyl (C=O) groups is 2. The smallest absolute Gasteiger partial charge is 0.225 e. The van der Waals surface area contributed by atoms with Gasteiger partial charge in [0.15, 0.2) is 0 Å². The first-order valence-electron chi connectivity index (χ1n) is 3.87. The molecule has 0 aliphatic heterocycles. The van der Waals surface area contributed by atoms with Gasteiger partial charge < -0.3 is 10.1 Å². The molecule has 0 unspecified atom stereocenters. The number of amides is 1. The zero-order valence-electron chi connectivity index (χ0n) is 7.24. The van der Waals surface area contributed by atoms with E-state index in [-0.39, 0.29) is 18.7 Å². The van der Waals surface area contributed by atoms with Gasteiger partial charge in [-0.1, -0.05) is 0 Å². The molecule has 1 aromatic heterocycles. The van der Waals surface area contributed by atoms with Crippen molar-refractivity contribution in [3.8, 4) is 0 Å². The van der Waals surface area contributed by atoms with Crippen LogP contribution >= 0.6 is 11.3 Å². The van der Waals surface area contributed by atoms with Gasteiger partial charge >= 0.3 is 0 Å². The van der Waals surface area contributed by atoms with Gasteiger partial charge in [0, 0.05) is 12.8 Å². The number of thiazole rings is 1. The van der Waals surface area contributed by atoms with Gasteiger partial charge in [0.2, 0.25) is 5.91 Å². The van der Waals surface area contributed by atoms with Crippen molar-refractivity contribution < 1.29 is 9.59 Å². The summed E-state index contributed by atoms with van der Waals surface area (Å²) in [6.45, 7) is 1.83. The van der Waals surface area contributed by atoms with E-state index in [4.69, 9.17) is 0 Å². The minimum absolute atomic E-state index is 0.139. The van der Waals surface area contributed by atoms with Crippen molar-refractivity contribution in [2.75, 3.05) is 5.32 Å². The van der Waals surface area contributed by atoms with E-state index >= 15 is 0 Å². The van der Waals surface area contributed by atoms with E-state index in [1.165, 1.54) is 11.3 Å². The molecular formula is C8H10N2O2S. The average Bonchev–Trinajstić information content (AvgIpc) is 2.48. The average molecular weight is 198 g/mol.